The van der Waals surface area contributed by atoms with Gasteiger partial charge in [0.25, 0.3) is 0 Å². The van der Waals surface area contributed by atoms with Crippen LogP contribution in [0.2, 0.25) is 0 Å². The number of nitrogen functional groups attached to an aromatic ring is 1. The van der Waals surface area contributed by atoms with Gasteiger partial charge in [-0.05, 0) is 35.4 Å². The molecule has 3 rings (SSSR count). The molecular formula is C18H20N2O. The van der Waals surface area contributed by atoms with Crippen LogP contribution in [0.3, 0.4) is 0 Å². The Hall–Kier alpha value is -2.42. The Kier molecular flexibility index (Phi) is 3.34. The zero-order valence-corrected chi connectivity index (χ0v) is 12.6. The fourth-order valence-electron chi connectivity index (χ4n) is 2.83. The first-order valence-electron chi connectivity index (χ1n) is 7.08. The van der Waals surface area contributed by atoms with E-state index in [1.54, 1.807) is 7.11 Å². The number of anilines is 1. The summed E-state index contributed by atoms with van der Waals surface area (Å²) in [6, 6.07) is 14.3. The fourth-order valence-corrected chi connectivity index (χ4v) is 2.83. The van der Waals surface area contributed by atoms with Crippen molar-refractivity contribution in [3.63, 3.8) is 0 Å². The molecule has 0 bridgehead atoms. The maximum Gasteiger partial charge on any atom is 0.120 e. The van der Waals surface area contributed by atoms with E-state index < -0.39 is 0 Å². The zero-order valence-electron chi connectivity index (χ0n) is 12.6. The molecule has 1 heterocycles. The number of hydrogen-bond donors (Lipinski definition) is 1. The van der Waals surface area contributed by atoms with Crippen molar-refractivity contribution >= 4 is 16.6 Å². The molecule has 21 heavy (non-hydrogen) atoms. The highest BCUT2D eigenvalue weighted by Gasteiger charge is 2.15. The summed E-state index contributed by atoms with van der Waals surface area (Å²) in [7, 11) is 3.77. The summed E-state index contributed by atoms with van der Waals surface area (Å²) < 4.78 is 7.47. The van der Waals surface area contributed by atoms with Crippen molar-refractivity contribution in [2.24, 2.45) is 7.05 Å². The monoisotopic (exact) mass is 280 g/mol. The van der Waals surface area contributed by atoms with Crippen LogP contribution in [0.1, 0.15) is 24.0 Å². The van der Waals surface area contributed by atoms with Crippen LogP contribution in [0.5, 0.6) is 5.75 Å². The lowest BCUT2D eigenvalue weighted by Crippen LogP contribution is -1.96. The molecule has 1 unspecified atom stereocenters. The van der Waals surface area contributed by atoms with Crippen molar-refractivity contribution in [1.82, 2.24) is 4.57 Å². The van der Waals surface area contributed by atoms with E-state index in [1.165, 1.54) is 22.0 Å². The maximum atomic E-state index is 5.77. The number of methoxy groups -OCH3 is 1. The van der Waals surface area contributed by atoms with Gasteiger partial charge < -0.3 is 15.0 Å². The minimum Gasteiger partial charge on any atom is -0.497 e. The second kappa shape index (κ2) is 5.17. The summed E-state index contributed by atoms with van der Waals surface area (Å²) in [6.45, 7) is 2.23. The minimum atomic E-state index is 0.322. The molecule has 108 valence electrons. The molecule has 0 saturated carbocycles. The van der Waals surface area contributed by atoms with Crippen molar-refractivity contribution in [1.29, 1.82) is 0 Å². The normalized spacial score (nSPS) is 12.5. The third-order valence-electron chi connectivity index (χ3n) is 4.13. The number of nitrogens with two attached hydrogens (primary N) is 1. The lowest BCUT2D eigenvalue weighted by Gasteiger charge is -2.11. The highest BCUT2D eigenvalue weighted by molar-refractivity contribution is 5.86. The molecule has 3 heteroatoms. The predicted molar refractivity (Wildman–Crippen MR) is 87.8 cm³/mol. The molecule has 0 amide bonds. The molecular weight excluding hydrogens is 260 g/mol. The van der Waals surface area contributed by atoms with Crippen molar-refractivity contribution in [2.75, 3.05) is 12.8 Å². The molecule has 0 saturated heterocycles. The zero-order chi connectivity index (χ0) is 15.0. The third kappa shape index (κ3) is 2.35. The fraction of sp³-hybridized carbons (Fsp3) is 0.222. The van der Waals surface area contributed by atoms with E-state index in [4.69, 9.17) is 10.5 Å². The van der Waals surface area contributed by atoms with Crippen molar-refractivity contribution in [3.8, 4) is 5.75 Å². The van der Waals surface area contributed by atoms with Gasteiger partial charge in [0.15, 0.2) is 0 Å². The summed E-state index contributed by atoms with van der Waals surface area (Å²) >= 11 is 0. The van der Waals surface area contributed by atoms with Gasteiger partial charge in [0.2, 0.25) is 0 Å². The molecule has 2 N–H and O–H groups in total. The Labute approximate surface area is 125 Å². The topological polar surface area (TPSA) is 40.2 Å². The maximum absolute atomic E-state index is 5.77. The first-order chi connectivity index (χ1) is 10.1. The Balaban J connectivity index is 2.09. The Bertz CT molecular complexity index is 772. The first kappa shape index (κ1) is 13.6. The predicted octanol–water partition coefficient (Wildman–Crippen LogP) is 3.92. The standard InChI is InChI=1S/C18H20N2O/c1-12(13-4-6-14(19)7-5-13)17-11-20(2)18-10-15(21-3)8-9-16(17)18/h4-12H,19H2,1-3H3. The number of aromatic nitrogens is 1. The average molecular weight is 280 g/mol. The van der Waals surface area contributed by atoms with Gasteiger partial charge in [-0.25, -0.2) is 0 Å². The highest BCUT2D eigenvalue weighted by atomic mass is 16.5. The molecule has 0 fully saturated rings. The lowest BCUT2D eigenvalue weighted by molar-refractivity contribution is 0.415. The van der Waals surface area contributed by atoms with E-state index in [2.05, 4.69) is 49.0 Å². The number of hydrogen-bond acceptors (Lipinski definition) is 2. The number of aryl methyl sites for hydroxylation is 1. The van der Waals surface area contributed by atoms with Gasteiger partial charge >= 0.3 is 0 Å². The largest absolute Gasteiger partial charge is 0.497 e. The number of rotatable bonds is 3. The molecule has 0 aliphatic heterocycles. The van der Waals surface area contributed by atoms with Crippen LogP contribution in [0.25, 0.3) is 10.9 Å². The van der Waals surface area contributed by atoms with Crippen LogP contribution in [-0.2, 0) is 7.05 Å². The molecule has 0 radical (unpaired) electrons. The highest BCUT2D eigenvalue weighted by Crippen LogP contribution is 2.33. The second-order valence-corrected chi connectivity index (χ2v) is 5.47. The quantitative estimate of drug-likeness (QED) is 0.739. The molecule has 0 aliphatic rings. The van der Waals surface area contributed by atoms with Crippen molar-refractivity contribution in [3.05, 3.63) is 59.8 Å². The lowest BCUT2D eigenvalue weighted by atomic mass is 9.93. The van der Waals surface area contributed by atoms with Crippen LogP contribution in [0.15, 0.2) is 48.7 Å². The van der Waals surface area contributed by atoms with Crippen LogP contribution in [-0.4, -0.2) is 11.7 Å². The van der Waals surface area contributed by atoms with Crippen molar-refractivity contribution in [2.45, 2.75) is 12.8 Å². The summed E-state index contributed by atoms with van der Waals surface area (Å²) in [5.74, 6) is 1.21. The number of ether oxygens (including phenoxy) is 1. The molecule has 2 aromatic carbocycles. The van der Waals surface area contributed by atoms with Crippen LogP contribution < -0.4 is 10.5 Å². The molecule has 1 aromatic heterocycles. The Morgan fingerprint density at radius 2 is 1.81 bits per heavy atom. The second-order valence-electron chi connectivity index (χ2n) is 5.47. The average Bonchev–Trinajstić information content (AvgIpc) is 2.84. The van der Waals surface area contributed by atoms with Crippen molar-refractivity contribution < 1.29 is 4.74 Å². The van der Waals surface area contributed by atoms with Crippen LogP contribution >= 0.6 is 0 Å². The molecule has 0 aliphatic carbocycles. The third-order valence-corrected chi connectivity index (χ3v) is 4.13. The summed E-state index contributed by atoms with van der Waals surface area (Å²) in [4.78, 5) is 0. The number of fused-ring (bicyclic) bond motifs is 1. The summed E-state index contributed by atoms with van der Waals surface area (Å²) in [5, 5.41) is 1.27. The molecule has 3 nitrogen and oxygen atoms in total. The number of nitrogens with zero attached hydrogens (tertiary/aromatic N) is 1. The van der Waals surface area contributed by atoms with E-state index in [0.29, 0.717) is 5.92 Å². The first-order valence-corrected chi connectivity index (χ1v) is 7.08. The minimum absolute atomic E-state index is 0.322. The van der Waals surface area contributed by atoms with E-state index in [0.717, 1.165) is 11.4 Å². The number of benzene rings is 2. The van der Waals surface area contributed by atoms with E-state index >= 15 is 0 Å². The van der Waals surface area contributed by atoms with Gasteiger partial charge in [0, 0.05) is 36.3 Å². The Morgan fingerprint density at radius 3 is 2.48 bits per heavy atom. The Morgan fingerprint density at radius 1 is 1.10 bits per heavy atom. The van der Waals surface area contributed by atoms with E-state index in [9.17, 15) is 0 Å². The van der Waals surface area contributed by atoms with Gasteiger partial charge in [-0.15, -0.1) is 0 Å². The van der Waals surface area contributed by atoms with Gasteiger partial charge in [-0.3, -0.25) is 0 Å². The van der Waals surface area contributed by atoms with Gasteiger partial charge in [-0.2, -0.15) is 0 Å². The van der Waals surface area contributed by atoms with Crippen LogP contribution in [0, 0.1) is 0 Å². The van der Waals surface area contributed by atoms with E-state index in [-0.39, 0.29) is 0 Å². The van der Waals surface area contributed by atoms with Crippen LogP contribution in [0.4, 0.5) is 5.69 Å². The van der Waals surface area contributed by atoms with E-state index in [1.807, 2.05) is 18.2 Å². The molecule has 0 spiro atoms. The molecule has 1 atom stereocenters. The van der Waals surface area contributed by atoms with Gasteiger partial charge in [-0.1, -0.05) is 19.1 Å². The van der Waals surface area contributed by atoms with Gasteiger partial charge in [0.05, 0.1) is 12.6 Å². The SMILES string of the molecule is COc1ccc2c(C(C)c3ccc(N)cc3)cn(C)c2c1. The summed E-state index contributed by atoms with van der Waals surface area (Å²) in [5.41, 5.74) is 10.4. The summed E-state index contributed by atoms with van der Waals surface area (Å²) in [6.07, 6.45) is 2.20. The van der Waals surface area contributed by atoms with Gasteiger partial charge in [0.1, 0.15) is 5.75 Å². The molecule has 3 aromatic rings. The smallest absolute Gasteiger partial charge is 0.120 e.